The third kappa shape index (κ3) is 2.23. The molecule has 1 aromatic rings. The van der Waals surface area contributed by atoms with E-state index < -0.39 is 0 Å². The molecule has 0 amide bonds. The second kappa shape index (κ2) is 5.45. The summed E-state index contributed by atoms with van der Waals surface area (Å²) in [7, 11) is 3.38. The maximum Gasteiger partial charge on any atom is 0.161 e. The molecule has 2 fully saturated rings. The fraction of sp³-hybridized carbons (Fsp3) is 0.579. The van der Waals surface area contributed by atoms with Crippen LogP contribution in [0.2, 0.25) is 0 Å². The van der Waals surface area contributed by atoms with Crippen LogP contribution in [0, 0.1) is 5.92 Å². The molecule has 0 radical (unpaired) electrons. The standard InChI is InChI=1S/C19H25NO3/c1-12-8-13-11-19(6-7-20-18(19)10-16(13)23-12)14-4-5-15(21-2)17(9-14)22-3/h4-5,9-10,12-13,16,20H,6-8,11H2,1-3H3/t12?,13-,16-,19+/m0/s1. The molecule has 4 nitrogen and oxygen atoms in total. The van der Waals surface area contributed by atoms with Crippen molar-refractivity contribution in [3.8, 4) is 11.5 Å². The minimum absolute atomic E-state index is 0.0775. The summed E-state index contributed by atoms with van der Waals surface area (Å²) in [5.74, 6) is 2.21. The quantitative estimate of drug-likeness (QED) is 0.931. The van der Waals surface area contributed by atoms with Crippen LogP contribution in [0.5, 0.6) is 11.5 Å². The van der Waals surface area contributed by atoms with Crippen molar-refractivity contribution < 1.29 is 14.2 Å². The molecule has 3 aliphatic rings. The van der Waals surface area contributed by atoms with Crippen molar-refractivity contribution in [1.29, 1.82) is 0 Å². The van der Waals surface area contributed by atoms with E-state index in [1.54, 1.807) is 14.2 Å². The van der Waals surface area contributed by atoms with E-state index in [0.717, 1.165) is 37.3 Å². The summed E-state index contributed by atoms with van der Waals surface area (Å²) >= 11 is 0. The highest BCUT2D eigenvalue weighted by atomic mass is 16.5. The highest BCUT2D eigenvalue weighted by Gasteiger charge is 2.49. The van der Waals surface area contributed by atoms with E-state index in [4.69, 9.17) is 14.2 Å². The Hall–Kier alpha value is -1.68. The van der Waals surface area contributed by atoms with Gasteiger partial charge in [0.1, 0.15) is 0 Å². The van der Waals surface area contributed by atoms with E-state index in [1.165, 1.54) is 11.3 Å². The lowest BCUT2D eigenvalue weighted by atomic mass is 9.66. The van der Waals surface area contributed by atoms with Gasteiger partial charge in [-0.3, -0.25) is 0 Å². The molecule has 4 atom stereocenters. The monoisotopic (exact) mass is 315 g/mol. The first-order valence-corrected chi connectivity index (χ1v) is 8.50. The molecular formula is C19H25NO3. The third-order valence-corrected chi connectivity index (χ3v) is 5.75. The predicted molar refractivity (Wildman–Crippen MR) is 89.0 cm³/mol. The largest absolute Gasteiger partial charge is 0.493 e. The summed E-state index contributed by atoms with van der Waals surface area (Å²) in [6, 6.07) is 6.37. The molecule has 1 N–H and O–H groups in total. The second-order valence-corrected chi connectivity index (χ2v) is 7.02. The Balaban J connectivity index is 1.76. The molecule has 0 aromatic heterocycles. The molecule has 2 heterocycles. The Kier molecular flexibility index (Phi) is 3.52. The fourth-order valence-electron chi connectivity index (χ4n) is 4.68. The van der Waals surface area contributed by atoms with Crippen molar-refractivity contribution in [3.05, 3.63) is 35.5 Å². The van der Waals surface area contributed by atoms with Crippen LogP contribution in [0.25, 0.3) is 0 Å². The summed E-state index contributed by atoms with van der Waals surface area (Å²) in [6.45, 7) is 3.21. The Morgan fingerprint density at radius 2 is 2.04 bits per heavy atom. The molecule has 2 saturated heterocycles. The van der Waals surface area contributed by atoms with Gasteiger partial charge in [-0.15, -0.1) is 0 Å². The Bertz CT molecular complexity index is 642. The number of rotatable bonds is 3. The molecule has 1 unspecified atom stereocenters. The van der Waals surface area contributed by atoms with Crippen molar-refractivity contribution in [2.45, 2.75) is 43.8 Å². The van der Waals surface area contributed by atoms with Crippen LogP contribution in [0.1, 0.15) is 31.7 Å². The van der Waals surface area contributed by atoms with E-state index >= 15 is 0 Å². The Morgan fingerprint density at radius 3 is 2.83 bits per heavy atom. The lowest BCUT2D eigenvalue weighted by Gasteiger charge is -2.38. The number of allylic oxidation sites excluding steroid dienone is 1. The fourth-order valence-corrected chi connectivity index (χ4v) is 4.68. The first-order chi connectivity index (χ1) is 11.2. The van der Waals surface area contributed by atoms with Gasteiger partial charge in [0.05, 0.1) is 26.4 Å². The molecule has 4 heteroatoms. The van der Waals surface area contributed by atoms with Crippen LogP contribution in [-0.2, 0) is 10.2 Å². The topological polar surface area (TPSA) is 39.7 Å². The van der Waals surface area contributed by atoms with Crippen LogP contribution in [0.3, 0.4) is 0 Å². The van der Waals surface area contributed by atoms with Crippen LogP contribution < -0.4 is 14.8 Å². The summed E-state index contributed by atoms with van der Waals surface area (Å²) in [4.78, 5) is 0. The van der Waals surface area contributed by atoms with Crippen LogP contribution in [0.4, 0.5) is 0 Å². The van der Waals surface area contributed by atoms with Gasteiger partial charge in [-0.25, -0.2) is 0 Å². The predicted octanol–water partition coefficient (Wildman–Crippen LogP) is 3.02. The minimum atomic E-state index is 0.0775. The molecule has 0 saturated carbocycles. The van der Waals surface area contributed by atoms with Gasteiger partial charge in [0.25, 0.3) is 0 Å². The number of hydrogen-bond acceptors (Lipinski definition) is 4. The van der Waals surface area contributed by atoms with Crippen molar-refractivity contribution in [2.75, 3.05) is 20.8 Å². The number of benzene rings is 1. The third-order valence-electron chi connectivity index (χ3n) is 5.75. The second-order valence-electron chi connectivity index (χ2n) is 7.02. The van der Waals surface area contributed by atoms with Crippen LogP contribution in [-0.4, -0.2) is 33.0 Å². The van der Waals surface area contributed by atoms with Gasteiger partial charge in [-0.05, 0) is 55.9 Å². The summed E-state index contributed by atoms with van der Waals surface area (Å²) in [6.07, 6.45) is 6.41. The molecule has 1 aromatic carbocycles. The zero-order chi connectivity index (χ0) is 16.0. The number of hydrogen-bond donors (Lipinski definition) is 1. The van der Waals surface area contributed by atoms with Crippen LogP contribution >= 0.6 is 0 Å². The summed E-state index contributed by atoms with van der Waals surface area (Å²) < 4.78 is 17.0. The van der Waals surface area contributed by atoms with Gasteiger partial charge in [-0.1, -0.05) is 6.07 Å². The van der Waals surface area contributed by atoms with Gasteiger partial charge in [0.15, 0.2) is 11.5 Å². The number of methoxy groups -OCH3 is 2. The van der Waals surface area contributed by atoms with E-state index in [0.29, 0.717) is 12.0 Å². The minimum Gasteiger partial charge on any atom is -0.493 e. The van der Waals surface area contributed by atoms with Crippen molar-refractivity contribution in [2.24, 2.45) is 5.92 Å². The lowest BCUT2D eigenvalue weighted by molar-refractivity contribution is 0.0651. The number of ether oxygens (including phenoxy) is 3. The summed E-state index contributed by atoms with van der Waals surface area (Å²) in [5, 5.41) is 3.60. The van der Waals surface area contributed by atoms with Crippen molar-refractivity contribution in [3.63, 3.8) is 0 Å². The van der Waals surface area contributed by atoms with Gasteiger partial charge in [0, 0.05) is 17.7 Å². The zero-order valence-electron chi connectivity index (χ0n) is 14.1. The molecule has 2 aliphatic heterocycles. The number of fused-ring (bicyclic) bond motifs is 2. The van der Waals surface area contributed by atoms with Gasteiger partial charge < -0.3 is 19.5 Å². The first-order valence-electron chi connectivity index (χ1n) is 8.50. The normalized spacial score (nSPS) is 35.1. The summed E-state index contributed by atoms with van der Waals surface area (Å²) in [5.41, 5.74) is 2.73. The van der Waals surface area contributed by atoms with E-state index in [2.05, 4.69) is 30.4 Å². The maximum atomic E-state index is 6.07. The maximum absolute atomic E-state index is 6.07. The Morgan fingerprint density at radius 1 is 1.22 bits per heavy atom. The zero-order valence-corrected chi connectivity index (χ0v) is 14.1. The van der Waals surface area contributed by atoms with E-state index in [1.807, 2.05) is 6.07 Å². The molecule has 4 rings (SSSR count). The van der Waals surface area contributed by atoms with E-state index in [9.17, 15) is 0 Å². The lowest BCUT2D eigenvalue weighted by Crippen LogP contribution is -2.37. The molecule has 0 bridgehead atoms. The smallest absolute Gasteiger partial charge is 0.161 e. The van der Waals surface area contributed by atoms with Gasteiger partial charge in [-0.2, -0.15) is 0 Å². The Labute approximate surface area is 137 Å². The molecule has 0 spiro atoms. The highest BCUT2D eigenvalue weighted by molar-refractivity contribution is 5.49. The SMILES string of the molecule is COc1ccc([C@]23CCNC2=C[C@@H]2OC(C)C[C@H]2C3)cc1OC. The molecule has 23 heavy (non-hydrogen) atoms. The molecular weight excluding hydrogens is 290 g/mol. The van der Waals surface area contributed by atoms with Gasteiger partial charge >= 0.3 is 0 Å². The average Bonchev–Trinajstić information content (AvgIpc) is 3.13. The average molecular weight is 315 g/mol. The molecule has 1 aliphatic carbocycles. The van der Waals surface area contributed by atoms with E-state index in [-0.39, 0.29) is 11.5 Å². The van der Waals surface area contributed by atoms with Crippen molar-refractivity contribution >= 4 is 0 Å². The first kappa shape index (κ1) is 14.9. The highest BCUT2D eigenvalue weighted by Crippen LogP contribution is 2.51. The molecule has 124 valence electrons. The van der Waals surface area contributed by atoms with Gasteiger partial charge in [0.2, 0.25) is 0 Å². The number of nitrogens with one attached hydrogen (secondary N) is 1. The van der Waals surface area contributed by atoms with Crippen molar-refractivity contribution in [1.82, 2.24) is 5.32 Å². The van der Waals surface area contributed by atoms with Crippen LogP contribution in [0.15, 0.2) is 30.0 Å².